The molecule has 0 aliphatic rings. The fraction of sp³-hybridized carbons (Fsp3) is 0.562. The molecule has 0 saturated heterocycles. The predicted octanol–water partition coefficient (Wildman–Crippen LogP) is 2.73. The zero-order chi connectivity index (χ0) is 15.8. The van der Waals surface area contributed by atoms with E-state index >= 15 is 0 Å². The first-order valence-corrected chi connectivity index (χ1v) is 7.51. The summed E-state index contributed by atoms with van der Waals surface area (Å²) in [6.45, 7) is 7.94. The molecule has 21 heavy (non-hydrogen) atoms. The largest absolute Gasteiger partial charge is 0.494 e. The van der Waals surface area contributed by atoms with Gasteiger partial charge in [0.15, 0.2) is 0 Å². The van der Waals surface area contributed by atoms with Crippen LogP contribution in [0.1, 0.15) is 33.6 Å². The molecule has 1 aromatic rings. The Kier molecular flexibility index (Phi) is 7.02. The van der Waals surface area contributed by atoms with Crippen LogP contribution in [0.25, 0.3) is 0 Å². The zero-order valence-electron chi connectivity index (χ0n) is 13.5. The molecule has 1 atom stereocenters. The molecule has 118 valence electrons. The van der Waals surface area contributed by atoms with E-state index in [-0.39, 0.29) is 11.9 Å². The van der Waals surface area contributed by atoms with Gasteiger partial charge in [-0.15, -0.1) is 0 Å². The lowest BCUT2D eigenvalue weighted by molar-refractivity contribution is -0.120. The quantitative estimate of drug-likeness (QED) is 0.723. The summed E-state index contributed by atoms with van der Waals surface area (Å²) in [4.78, 5) is 14.6. The molecular formula is C16H27N3O2. The molecule has 3 N–H and O–H groups in total. The fourth-order valence-corrected chi connectivity index (χ4v) is 2.20. The second-order valence-electron chi connectivity index (χ2n) is 5.11. The van der Waals surface area contributed by atoms with Crippen LogP contribution in [0.4, 0.5) is 11.4 Å². The third kappa shape index (κ3) is 4.93. The minimum atomic E-state index is -0.177. The Morgan fingerprint density at radius 2 is 2.14 bits per heavy atom. The number of nitrogens with two attached hydrogens (primary N) is 1. The Morgan fingerprint density at radius 1 is 1.43 bits per heavy atom. The van der Waals surface area contributed by atoms with Crippen molar-refractivity contribution in [2.45, 2.75) is 39.7 Å². The van der Waals surface area contributed by atoms with Gasteiger partial charge in [0.2, 0.25) is 5.91 Å². The lowest BCUT2D eigenvalue weighted by Crippen LogP contribution is -2.42. The average Bonchev–Trinajstić information content (AvgIpc) is 2.49. The van der Waals surface area contributed by atoms with Gasteiger partial charge in [0.25, 0.3) is 0 Å². The maximum absolute atomic E-state index is 12.4. The number of hydrogen-bond acceptors (Lipinski definition) is 4. The molecule has 0 fully saturated rings. The lowest BCUT2D eigenvalue weighted by atomic mass is 10.2. The molecule has 5 heteroatoms. The molecular weight excluding hydrogens is 266 g/mol. The number of amides is 1. The molecule has 5 nitrogen and oxygen atoms in total. The van der Waals surface area contributed by atoms with Crippen LogP contribution in [0.2, 0.25) is 0 Å². The van der Waals surface area contributed by atoms with Crippen molar-refractivity contribution in [2.75, 3.05) is 31.2 Å². The molecule has 0 aliphatic heterocycles. The van der Waals surface area contributed by atoms with E-state index in [2.05, 4.69) is 24.1 Å². The minimum Gasteiger partial charge on any atom is -0.494 e. The Hall–Kier alpha value is -1.75. The van der Waals surface area contributed by atoms with Crippen molar-refractivity contribution >= 4 is 17.3 Å². The molecule has 0 radical (unpaired) electrons. The zero-order valence-corrected chi connectivity index (χ0v) is 13.5. The van der Waals surface area contributed by atoms with E-state index in [1.165, 1.54) is 0 Å². The van der Waals surface area contributed by atoms with Crippen LogP contribution in [-0.4, -0.2) is 37.0 Å². The first-order chi connectivity index (χ1) is 10.0. The second kappa shape index (κ2) is 8.52. The summed E-state index contributed by atoms with van der Waals surface area (Å²) >= 11 is 0. The third-order valence-electron chi connectivity index (χ3n) is 3.62. The highest BCUT2D eigenvalue weighted by Gasteiger charge is 2.20. The number of carbonyl (C=O) groups excluding carboxylic acids is 1. The van der Waals surface area contributed by atoms with Crippen molar-refractivity contribution in [3.05, 3.63) is 18.2 Å². The summed E-state index contributed by atoms with van der Waals surface area (Å²) in [5, 5.41) is 2.92. The van der Waals surface area contributed by atoms with Crippen molar-refractivity contribution in [3.63, 3.8) is 0 Å². The van der Waals surface area contributed by atoms with Crippen LogP contribution in [0.15, 0.2) is 18.2 Å². The fourth-order valence-electron chi connectivity index (χ4n) is 2.20. The standard InChI is InChI=1S/C16H27N3O2/c1-5-7-10-19(6-2)12(3)16(20)18-14-9-8-13(17)11-15(14)21-4/h8-9,11-12H,5-7,10,17H2,1-4H3,(H,18,20). The summed E-state index contributed by atoms with van der Waals surface area (Å²) in [7, 11) is 1.56. The van der Waals surface area contributed by atoms with E-state index < -0.39 is 0 Å². The van der Waals surface area contributed by atoms with E-state index in [0.29, 0.717) is 17.1 Å². The van der Waals surface area contributed by atoms with Crippen molar-refractivity contribution in [3.8, 4) is 5.75 Å². The maximum Gasteiger partial charge on any atom is 0.241 e. The van der Waals surface area contributed by atoms with Crippen LogP contribution >= 0.6 is 0 Å². The number of unbranched alkanes of at least 4 members (excludes halogenated alkanes) is 1. The molecule has 0 aromatic heterocycles. The number of nitrogen functional groups attached to an aromatic ring is 1. The van der Waals surface area contributed by atoms with Gasteiger partial charge in [0.05, 0.1) is 18.8 Å². The molecule has 1 aromatic carbocycles. The second-order valence-corrected chi connectivity index (χ2v) is 5.11. The Balaban J connectivity index is 2.75. The van der Waals surface area contributed by atoms with Gasteiger partial charge in [-0.05, 0) is 38.6 Å². The van der Waals surface area contributed by atoms with Gasteiger partial charge in [0.1, 0.15) is 5.75 Å². The summed E-state index contributed by atoms with van der Waals surface area (Å²) in [6.07, 6.45) is 2.22. The van der Waals surface area contributed by atoms with Gasteiger partial charge in [-0.1, -0.05) is 20.3 Å². The SMILES string of the molecule is CCCCN(CC)C(C)C(=O)Nc1ccc(N)cc1OC. The number of nitrogens with zero attached hydrogens (tertiary/aromatic N) is 1. The summed E-state index contributed by atoms with van der Waals surface area (Å²) < 4.78 is 5.25. The minimum absolute atomic E-state index is 0.0315. The smallest absolute Gasteiger partial charge is 0.241 e. The molecule has 0 spiro atoms. The molecule has 0 bridgehead atoms. The van der Waals surface area contributed by atoms with E-state index in [1.807, 2.05) is 6.92 Å². The number of rotatable bonds is 8. The van der Waals surface area contributed by atoms with Gasteiger partial charge < -0.3 is 15.8 Å². The first kappa shape index (κ1) is 17.3. The van der Waals surface area contributed by atoms with Gasteiger partial charge >= 0.3 is 0 Å². The van der Waals surface area contributed by atoms with E-state index in [1.54, 1.807) is 25.3 Å². The van der Waals surface area contributed by atoms with E-state index in [0.717, 1.165) is 25.9 Å². The molecule has 1 amide bonds. The summed E-state index contributed by atoms with van der Waals surface area (Å²) in [5.74, 6) is 0.545. The highest BCUT2D eigenvalue weighted by Crippen LogP contribution is 2.26. The Labute approximate surface area is 127 Å². The molecule has 1 rings (SSSR count). The monoisotopic (exact) mass is 293 g/mol. The van der Waals surface area contributed by atoms with Crippen LogP contribution in [0.5, 0.6) is 5.75 Å². The summed E-state index contributed by atoms with van der Waals surface area (Å²) in [5.41, 5.74) is 6.97. The number of anilines is 2. The highest BCUT2D eigenvalue weighted by molar-refractivity contribution is 5.96. The summed E-state index contributed by atoms with van der Waals surface area (Å²) in [6, 6.07) is 5.04. The lowest BCUT2D eigenvalue weighted by Gasteiger charge is -2.27. The number of carbonyl (C=O) groups is 1. The van der Waals surface area contributed by atoms with Crippen molar-refractivity contribution in [2.24, 2.45) is 0 Å². The van der Waals surface area contributed by atoms with E-state index in [9.17, 15) is 4.79 Å². The topological polar surface area (TPSA) is 67.6 Å². The van der Waals surface area contributed by atoms with Crippen LogP contribution in [-0.2, 0) is 4.79 Å². The van der Waals surface area contributed by atoms with Crippen molar-refractivity contribution in [1.82, 2.24) is 4.90 Å². The molecule has 0 aliphatic carbocycles. The molecule has 0 heterocycles. The van der Waals surface area contributed by atoms with Gasteiger partial charge in [-0.3, -0.25) is 9.69 Å². The molecule has 0 saturated carbocycles. The first-order valence-electron chi connectivity index (χ1n) is 7.51. The van der Waals surface area contributed by atoms with Gasteiger partial charge in [0, 0.05) is 11.8 Å². The van der Waals surface area contributed by atoms with Crippen molar-refractivity contribution < 1.29 is 9.53 Å². The van der Waals surface area contributed by atoms with Crippen LogP contribution < -0.4 is 15.8 Å². The number of benzene rings is 1. The Bertz CT molecular complexity index is 463. The van der Waals surface area contributed by atoms with Crippen LogP contribution in [0.3, 0.4) is 0 Å². The average molecular weight is 293 g/mol. The normalized spacial score (nSPS) is 12.2. The number of likely N-dealkylation sites (N-methyl/N-ethyl adjacent to an activating group) is 1. The molecule has 1 unspecified atom stereocenters. The number of ether oxygens (including phenoxy) is 1. The Morgan fingerprint density at radius 3 is 2.71 bits per heavy atom. The number of nitrogens with one attached hydrogen (secondary N) is 1. The third-order valence-corrected chi connectivity index (χ3v) is 3.62. The van der Waals surface area contributed by atoms with Crippen molar-refractivity contribution in [1.29, 1.82) is 0 Å². The number of hydrogen-bond donors (Lipinski definition) is 2. The van der Waals surface area contributed by atoms with Gasteiger partial charge in [-0.25, -0.2) is 0 Å². The highest BCUT2D eigenvalue weighted by atomic mass is 16.5. The van der Waals surface area contributed by atoms with Gasteiger partial charge in [-0.2, -0.15) is 0 Å². The predicted molar refractivity (Wildman–Crippen MR) is 87.7 cm³/mol. The number of methoxy groups -OCH3 is 1. The van der Waals surface area contributed by atoms with E-state index in [4.69, 9.17) is 10.5 Å². The van der Waals surface area contributed by atoms with Crippen LogP contribution in [0, 0.1) is 0 Å². The maximum atomic E-state index is 12.4.